The molecule has 0 saturated carbocycles. The van der Waals surface area contributed by atoms with Gasteiger partial charge in [-0.1, -0.05) is 13.2 Å². The molecule has 1 aliphatic heterocycles. The summed E-state index contributed by atoms with van der Waals surface area (Å²) in [6.07, 6.45) is 10.7. The van der Waals surface area contributed by atoms with E-state index in [-0.39, 0.29) is 0 Å². The van der Waals surface area contributed by atoms with Gasteiger partial charge in [-0.05, 0) is 18.2 Å². The monoisotopic (exact) mass is 162 g/mol. The van der Waals surface area contributed by atoms with Crippen molar-refractivity contribution in [3.8, 4) is 0 Å². The molecular formula is C10H14N2+. The molecule has 1 heterocycles. The lowest BCUT2D eigenvalue weighted by atomic mass is 10.3. The van der Waals surface area contributed by atoms with Crippen LogP contribution >= 0.6 is 0 Å². The minimum atomic E-state index is 0.698. The number of hydrogen-bond donors (Lipinski definition) is 0. The summed E-state index contributed by atoms with van der Waals surface area (Å²) in [5.41, 5.74) is 0. The SMILES string of the molecule is C=CC[N+]1(CC=C)[C]=NC=CC1. The second kappa shape index (κ2) is 4.02. The van der Waals surface area contributed by atoms with Crippen LogP contribution in [0.4, 0.5) is 0 Å². The Morgan fingerprint density at radius 3 is 2.50 bits per heavy atom. The van der Waals surface area contributed by atoms with Crippen LogP contribution in [-0.4, -0.2) is 30.5 Å². The Kier molecular flexibility index (Phi) is 3.00. The van der Waals surface area contributed by atoms with E-state index in [1.807, 2.05) is 18.2 Å². The first-order valence-electron chi connectivity index (χ1n) is 4.03. The molecule has 0 aromatic heterocycles. The summed E-state index contributed by atoms with van der Waals surface area (Å²) in [4.78, 5) is 4.01. The van der Waals surface area contributed by atoms with Gasteiger partial charge < -0.3 is 0 Å². The van der Waals surface area contributed by atoms with E-state index in [1.54, 1.807) is 6.20 Å². The van der Waals surface area contributed by atoms with E-state index in [0.29, 0.717) is 4.48 Å². The zero-order chi connectivity index (χ0) is 8.86. The Hall–Kier alpha value is -1.15. The molecule has 63 valence electrons. The van der Waals surface area contributed by atoms with Crippen molar-refractivity contribution < 1.29 is 4.48 Å². The summed E-state index contributed by atoms with van der Waals surface area (Å²) < 4.78 is 0.698. The summed E-state index contributed by atoms with van der Waals surface area (Å²) in [5.74, 6) is 0. The van der Waals surface area contributed by atoms with E-state index in [4.69, 9.17) is 0 Å². The molecule has 0 spiro atoms. The van der Waals surface area contributed by atoms with Crippen LogP contribution in [0.5, 0.6) is 0 Å². The van der Waals surface area contributed by atoms with Gasteiger partial charge in [0.15, 0.2) is 0 Å². The minimum absolute atomic E-state index is 0.698. The van der Waals surface area contributed by atoms with E-state index in [2.05, 4.69) is 24.5 Å². The van der Waals surface area contributed by atoms with Gasteiger partial charge in [0.05, 0.1) is 0 Å². The van der Waals surface area contributed by atoms with Crippen molar-refractivity contribution in [2.45, 2.75) is 0 Å². The predicted molar refractivity (Wildman–Crippen MR) is 51.8 cm³/mol. The van der Waals surface area contributed by atoms with Crippen LogP contribution in [0.2, 0.25) is 0 Å². The van der Waals surface area contributed by atoms with E-state index in [1.165, 1.54) is 0 Å². The average molecular weight is 162 g/mol. The molecule has 0 atom stereocenters. The fourth-order valence-electron chi connectivity index (χ4n) is 1.30. The van der Waals surface area contributed by atoms with Crippen LogP contribution in [0.25, 0.3) is 0 Å². The van der Waals surface area contributed by atoms with Crippen molar-refractivity contribution in [1.82, 2.24) is 0 Å². The first-order valence-corrected chi connectivity index (χ1v) is 4.03. The fraction of sp³-hybridized carbons (Fsp3) is 0.300. The topological polar surface area (TPSA) is 12.4 Å². The molecule has 2 nitrogen and oxygen atoms in total. The van der Waals surface area contributed by atoms with E-state index >= 15 is 0 Å². The van der Waals surface area contributed by atoms with Crippen molar-refractivity contribution in [3.63, 3.8) is 0 Å². The highest BCUT2D eigenvalue weighted by Crippen LogP contribution is 2.08. The summed E-state index contributed by atoms with van der Waals surface area (Å²) >= 11 is 0. The zero-order valence-electron chi connectivity index (χ0n) is 7.24. The van der Waals surface area contributed by atoms with E-state index in [9.17, 15) is 0 Å². The lowest BCUT2D eigenvalue weighted by Gasteiger charge is -2.29. The second-order valence-electron chi connectivity index (χ2n) is 2.88. The van der Waals surface area contributed by atoms with Crippen LogP contribution in [0.3, 0.4) is 0 Å². The molecule has 0 bridgehead atoms. The number of quaternary nitrogens is 1. The number of aliphatic imine (C=N–C) groups is 1. The van der Waals surface area contributed by atoms with Crippen LogP contribution < -0.4 is 0 Å². The van der Waals surface area contributed by atoms with Crippen molar-refractivity contribution in [2.24, 2.45) is 4.99 Å². The van der Waals surface area contributed by atoms with Crippen LogP contribution in [0.1, 0.15) is 0 Å². The standard InChI is InChI=1S/C10H14N2/c1-3-7-12(8-4-2)9-5-6-11-10-12/h3-6H,1-2,7-9H2/q+1. The highest BCUT2D eigenvalue weighted by atomic mass is 15.4. The quantitative estimate of drug-likeness (QED) is 0.440. The smallest absolute Gasteiger partial charge is 0.258 e. The van der Waals surface area contributed by atoms with Crippen molar-refractivity contribution in [3.05, 3.63) is 37.6 Å². The third-order valence-electron chi connectivity index (χ3n) is 1.86. The van der Waals surface area contributed by atoms with Crippen LogP contribution in [0, 0.1) is 0 Å². The predicted octanol–water partition coefficient (Wildman–Crippen LogP) is 1.61. The zero-order valence-corrected chi connectivity index (χ0v) is 7.24. The molecule has 0 amide bonds. The molecule has 0 aromatic rings. The Labute approximate surface area is 73.8 Å². The molecule has 0 fully saturated rings. The third kappa shape index (κ3) is 1.92. The first-order chi connectivity index (χ1) is 5.83. The van der Waals surface area contributed by atoms with Crippen molar-refractivity contribution >= 4 is 6.34 Å². The molecule has 1 rings (SSSR count). The first kappa shape index (κ1) is 8.94. The van der Waals surface area contributed by atoms with Gasteiger partial charge in [-0.25, -0.2) is 0 Å². The molecule has 0 aromatic carbocycles. The Bertz CT molecular complexity index is 210. The van der Waals surface area contributed by atoms with E-state index in [0.717, 1.165) is 19.6 Å². The Morgan fingerprint density at radius 2 is 2.08 bits per heavy atom. The Balaban J connectivity index is 2.71. The summed E-state index contributed by atoms with van der Waals surface area (Å²) in [6, 6.07) is 0. The van der Waals surface area contributed by atoms with Gasteiger partial charge in [0, 0.05) is 6.20 Å². The maximum Gasteiger partial charge on any atom is 0.311 e. The van der Waals surface area contributed by atoms with Crippen LogP contribution in [0.15, 0.2) is 42.6 Å². The largest absolute Gasteiger partial charge is 0.311 e. The van der Waals surface area contributed by atoms with Gasteiger partial charge in [-0.2, -0.15) is 4.99 Å². The minimum Gasteiger partial charge on any atom is -0.258 e. The van der Waals surface area contributed by atoms with Crippen molar-refractivity contribution in [1.29, 1.82) is 0 Å². The number of hydrogen-bond acceptors (Lipinski definition) is 1. The maximum atomic E-state index is 4.01. The molecule has 0 aliphatic carbocycles. The highest BCUT2D eigenvalue weighted by Gasteiger charge is 2.24. The van der Waals surface area contributed by atoms with Gasteiger partial charge in [0.25, 0.3) is 0 Å². The van der Waals surface area contributed by atoms with Gasteiger partial charge in [-0.3, -0.25) is 4.48 Å². The lowest BCUT2D eigenvalue weighted by molar-refractivity contribution is -0.817. The molecule has 1 radical (unpaired) electrons. The summed E-state index contributed by atoms with van der Waals surface area (Å²) in [7, 11) is 0. The average Bonchev–Trinajstić information content (AvgIpc) is 2.07. The van der Waals surface area contributed by atoms with Gasteiger partial charge >= 0.3 is 6.34 Å². The number of nitrogens with zero attached hydrogens (tertiary/aromatic N) is 2. The molecule has 0 unspecified atom stereocenters. The molecule has 0 saturated heterocycles. The van der Waals surface area contributed by atoms with Gasteiger partial charge in [0.1, 0.15) is 19.6 Å². The van der Waals surface area contributed by atoms with Crippen molar-refractivity contribution in [2.75, 3.05) is 19.6 Å². The Morgan fingerprint density at radius 1 is 1.42 bits per heavy atom. The molecule has 12 heavy (non-hydrogen) atoms. The maximum absolute atomic E-state index is 4.01. The molecule has 0 N–H and O–H groups in total. The fourth-order valence-corrected chi connectivity index (χ4v) is 1.30. The molecule has 2 heteroatoms. The normalized spacial score (nSPS) is 19.0. The molecular weight excluding hydrogens is 148 g/mol. The lowest BCUT2D eigenvalue weighted by Crippen LogP contribution is -2.48. The molecule has 1 aliphatic rings. The third-order valence-corrected chi connectivity index (χ3v) is 1.86. The van der Waals surface area contributed by atoms with E-state index < -0.39 is 0 Å². The van der Waals surface area contributed by atoms with Crippen LogP contribution in [-0.2, 0) is 0 Å². The second-order valence-corrected chi connectivity index (χ2v) is 2.88. The van der Waals surface area contributed by atoms with Gasteiger partial charge in [-0.15, -0.1) is 0 Å². The highest BCUT2D eigenvalue weighted by molar-refractivity contribution is 5.49. The summed E-state index contributed by atoms with van der Waals surface area (Å²) in [5, 5.41) is 0. The number of rotatable bonds is 4. The summed E-state index contributed by atoms with van der Waals surface area (Å²) in [6.45, 7) is 10.1. The van der Waals surface area contributed by atoms with Gasteiger partial charge in [0.2, 0.25) is 0 Å².